The van der Waals surface area contributed by atoms with E-state index in [9.17, 15) is 18.0 Å². The Morgan fingerprint density at radius 2 is 1.90 bits per heavy atom. The highest BCUT2D eigenvalue weighted by atomic mass is 19.4. The maximum absolute atomic E-state index is 12.8. The molecule has 0 saturated carbocycles. The fraction of sp³-hybridized carbons (Fsp3) is 0.450. The minimum atomic E-state index is -4.45. The highest BCUT2D eigenvalue weighted by Gasteiger charge is 2.31. The van der Waals surface area contributed by atoms with Gasteiger partial charge in [-0.3, -0.25) is 0 Å². The van der Waals surface area contributed by atoms with E-state index in [4.69, 9.17) is 0 Å². The van der Waals surface area contributed by atoms with Crippen LogP contribution in [-0.4, -0.2) is 48.4 Å². The normalized spacial score (nSPS) is 19.2. The van der Waals surface area contributed by atoms with Gasteiger partial charge in [0, 0.05) is 44.0 Å². The van der Waals surface area contributed by atoms with E-state index < -0.39 is 17.8 Å². The van der Waals surface area contributed by atoms with Crippen LogP contribution in [0, 0.1) is 0 Å². The van der Waals surface area contributed by atoms with Crippen molar-refractivity contribution in [2.45, 2.75) is 31.5 Å². The molecule has 0 radical (unpaired) electrons. The summed E-state index contributed by atoms with van der Waals surface area (Å²) in [6.07, 6.45) is 0.377. The molecule has 1 unspecified atom stereocenters. The molecule has 4 rings (SSSR count). The Kier molecular flexibility index (Phi) is 5.65. The summed E-state index contributed by atoms with van der Waals surface area (Å²) in [4.78, 5) is 16.6. The van der Waals surface area contributed by atoms with Crippen molar-refractivity contribution in [3.05, 3.63) is 42.1 Å². The average molecular weight is 420 g/mol. The minimum absolute atomic E-state index is 0.0985. The van der Waals surface area contributed by atoms with Crippen LogP contribution < -0.4 is 20.4 Å². The van der Waals surface area contributed by atoms with Crippen molar-refractivity contribution in [2.75, 3.05) is 41.3 Å². The zero-order valence-electron chi connectivity index (χ0n) is 16.3. The van der Waals surface area contributed by atoms with Crippen molar-refractivity contribution >= 4 is 23.2 Å². The van der Waals surface area contributed by atoms with E-state index in [2.05, 4.69) is 30.6 Å². The number of alkyl halides is 3. The number of rotatable bonds is 4. The van der Waals surface area contributed by atoms with E-state index >= 15 is 0 Å². The molecule has 160 valence electrons. The average Bonchev–Trinajstić information content (AvgIpc) is 3.40. The molecular formula is C20H23F3N6O. The number of urea groups is 1. The van der Waals surface area contributed by atoms with Crippen molar-refractivity contribution in [3.63, 3.8) is 0 Å². The van der Waals surface area contributed by atoms with E-state index in [0.717, 1.165) is 36.7 Å². The van der Waals surface area contributed by atoms with Gasteiger partial charge in [-0.15, -0.1) is 5.10 Å². The molecule has 1 aromatic heterocycles. The first-order valence-electron chi connectivity index (χ1n) is 9.96. The van der Waals surface area contributed by atoms with E-state index in [1.165, 1.54) is 25.0 Å². The Morgan fingerprint density at radius 1 is 1.10 bits per heavy atom. The van der Waals surface area contributed by atoms with Gasteiger partial charge in [0.2, 0.25) is 0 Å². The van der Waals surface area contributed by atoms with Crippen LogP contribution in [0.4, 0.5) is 35.2 Å². The van der Waals surface area contributed by atoms with Gasteiger partial charge < -0.3 is 20.4 Å². The topological polar surface area (TPSA) is 73.4 Å². The third-order valence-corrected chi connectivity index (χ3v) is 5.39. The van der Waals surface area contributed by atoms with Gasteiger partial charge in [0.05, 0.1) is 17.4 Å². The van der Waals surface area contributed by atoms with Crippen molar-refractivity contribution in [1.82, 2.24) is 15.5 Å². The highest BCUT2D eigenvalue weighted by molar-refractivity contribution is 5.89. The van der Waals surface area contributed by atoms with Crippen molar-refractivity contribution < 1.29 is 18.0 Å². The molecule has 10 heteroatoms. The molecule has 2 aromatic rings. The summed E-state index contributed by atoms with van der Waals surface area (Å²) in [7, 11) is 0. The summed E-state index contributed by atoms with van der Waals surface area (Å²) in [6.45, 7) is 3.32. The van der Waals surface area contributed by atoms with Gasteiger partial charge in [0.15, 0.2) is 5.82 Å². The Morgan fingerprint density at radius 3 is 2.67 bits per heavy atom. The molecule has 0 aliphatic carbocycles. The number of carbonyl (C=O) groups is 1. The second kappa shape index (κ2) is 8.37. The van der Waals surface area contributed by atoms with Gasteiger partial charge in [0.25, 0.3) is 0 Å². The molecule has 2 aliphatic heterocycles. The molecule has 2 saturated heterocycles. The van der Waals surface area contributed by atoms with Crippen molar-refractivity contribution in [2.24, 2.45) is 0 Å². The van der Waals surface area contributed by atoms with Crippen LogP contribution in [0.15, 0.2) is 36.5 Å². The van der Waals surface area contributed by atoms with Crippen LogP contribution in [0.3, 0.4) is 0 Å². The number of carbonyl (C=O) groups excluding carboxylic acids is 1. The zero-order valence-corrected chi connectivity index (χ0v) is 16.3. The first kappa shape index (κ1) is 20.2. The number of benzene rings is 1. The predicted molar refractivity (Wildman–Crippen MR) is 108 cm³/mol. The fourth-order valence-corrected chi connectivity index (χ4v) is 3.86. The number of halogens is 3. The van der Waals surface area contributed by atoms with Gasteiger partial charge in [-0.05, 0) is 37.5 Å². The Bertz CT molecular complexity index is 900. The molecular weight excluding hydrogens is 397 g/mol. The molecule has 2 aliphatic rings. The number of nitrogens with zero attached hydrogens (tertiary/aromatic N) is 4. The summed E-state index contributed by atoms with van der Waals surface area (Å²) in [5.74, 6) is 0.766. The zero-order chi connectivity index (χ0) is 21.1. The van der Waals surface area contributed by atoms with Crippen LogP contribution in [0.2, 0.25) is 0 Å². The van der Waals surface area contributed by atoms with Gasteiger partial charge in [0.1, 0.15) is 0 Å². The third-order valence-electron chi connectivity index (χ3n) is 5.39. The first-order valence-corrected chi connectivity index (χ1v) is 9.96. The SMILES string of the molecule is O=C(Nc1cccc(C(F)(F)F)c1)NC1CCN(c2cc(N3CCCC3)cnn2)C1. The minimum Gasteiger partial charge on any atom is -0.370 e. The summed E-state index contributed by atoms with van der Waals surface area (Å²) in [6, 6.07) is 5.93. The summed E-state index contributed by atoms with van der Waals surface area (Å²) in [5.41, 5.74) is 0.348. The highest BCUT2D eigenvalue weighted by Crippen LogP contribution is 2.30. The number of hydrogen-bond donors (Lipinski definition) is 2. The molecule has 7 nitrogen and oxygen atoms in total. The summed E-state index contributed by atoms with van der Waals surface area (Å²) < 4.78 is 38.4. The second-order valence-corrected chi connectivity index (χ2v) is 7.57. The van der Waals surface area contributed by atoms with Gasteiger partial charge in [-0.25, -0.2) is 4.79 Å². The van der Waals surface area contributed by atoms with Crippen LogP contribution in [0.25, 0.3) is 0 Å². The lowest BCUT2D eigenvalue weighted by Gasteiger charge is -2.21. The molecule has 0 spiro atoms. The number of aromatic nitrogens is 2. The molecule has 2 N–H and O–H groups in total. The maximum Gasteiger partial charge on any atom is 0.416 e. The molecule has 2 amide bonds. The Balaban J connectivity index is 1.33. The Hall–Kier alpha value is -3.04. The lowest BCUT2D eigenvalue weighted by atomic mass is 10.2. The summed E-state index contributed by atoms with van der Waals surface area (Å²) in [5, 5.41) is 13.6. The predicted octanol–water partition coefficient (Wildman–Crippen LogP) is 3.50. The first-order chi connectivity index (χ1) is 14.4. The van der Waals surface area contributed by atoms with Gasteiger partial charge >= 0.3 is 12.2 Å². The quantitative estimate of drug-likeness (QED) is 0.792. The molecule has 2 fully saturated rings. The van der Waals surface area contributed by atoms with Crippen molar-refractivity contribution in [3.8, 4) is 0 Å². The van der Waals surface area contributed by atoms with E-state index in [1.807, 2.05) is 6.07 Å². The largest absolute Gasteiger partial charge is 0.416 e. The molecule has 30 heavy (non-hydrogen) atoms. The number of amides is 2. The van der Waals surface area contributed by atoms with Crippen LogP contribution in [-0.2, 0) is 6.18 Å². The van der Waals surface area contributed by atoms with E-state index in [0.29, 0.717) is 19.5 Å². The lowest BCUT2D eigenvalue weighted by molar-refractivity contribution is -0.137. The second-order valence-electron chi connectivity index (χ2n) is 7.57. The van der Waals surface area contributed by atoms with Crippen LogP contribution in [0.1, 0.15) is 24.8 Å². The fourth-order valence-electron chi connectivity index (χ4n) is 3.86. The summed E-state index contributed by atoms with van der Waals surface area (Å²) >= 11 is 0. The Labute approximate surface area is 172 Å². The van der Waals surface area contributed by atoms with Crippen LogP contribution in [0.5, 0.6) is 0 Å². The monoisotopic (exact) mass is 420 g/mol. The maximum atomic E-state index is 12.8. The smallest absolute Gasteiger partial charge is 0.370 e. The van der Waals surface area contributed by atoms with Crippen LogP contribution >= 0.6 is 0 Å². The van der Waals surface area contributed by atoms with E-state index in [-0.39, 0.29) is 11.7 Å². The molecule has 3 heterocycles. The lowest BCUT2D eigenvalue weighted by Crippen LogP contribution is -2.39. The molecule has 0 bridgehead atoms. The number of hydrogen-bond acceptors (Lipinski definition) is 5. The number of anilines is 3. The van der Waals surface area contributed by atoms with E-state index in [1.54, 1.807) is 6.20 Å². The standard InChI is InChI=1S/C20H23F3N6O/c21-20(22,23)14-4-3-5-15(10-14)25-19(30)26-16-6-9-29(13-16)18-11-17(12-24-27-18)28-7-1-2-8-28/h3-5,10-12,16H,1-2,6-9,13H2,(H2,25,26,30). The molecule has 1 aromatic carbocycles. The van der Waals surface area contributed by atoms with Gasteiger partial charge in [-0.1, -0.05) is 6.07 Å². The number of nitrogens with one attached hydrogen (secondary N) is 2. The molecule has 1 atom stereocenters. The van der Waals surface area contributed by atoms with Crippen molar-refractivity contribution in [1.29, 1.82) is 0 Å². The third kappa shape index (κ3) is 4.74. The van der Waals surface area contributed by atoms with Gasteiger partial charge in [-0.2, -0.15) is 18.3 Å².